The van der Waals surface area contributed by atoms with Crippen LogP contribution in [0.2, 0.25) is 0 Å². The third kappa shape index (κ3) is 1.06. The van der Waals surface area contributed by atoms with Gasteiger partial charge in [-0.3, -0.25) is 0 Å². The van der Waals surface area contributed by atoms with Gasteiger partial charge in [-0.1, -0.05) is 13.8 Å². The molecule has 4 nitrogen and oxygen atoms in total. The predicted octanol–water partition coefficient (Wildman–Crippen LogP) is 1.51. The molecule has 0 aliphatic carbocycles. The molecule has 0 amide bonds. The molecule has 0 saturated carbocycles. The quantitative estimate of drug-likeness (QED) is 0.586. The first kappa shape index (κ1) is 8.67. The van der Waals surface area contributed by atoms with Gasteiger partial charge >= 0.3 is 0 Å². The van der Waals surface area contributed by atoms with Gasteiger partial charge < -0.3 is 0 Å². The lowest BCUT2D eigenvalue weighted by molar-refractivity contribution is 0.354. The molecule has 1 aliphatic heterocycles. The Labute approximate surface area is 71.5 Å². The van der Waals surface area contributed by atoms with Crippen LogP contribution in [0, 0.1) is 34.5 Å². The van der Waals surface area contributed by atoms with Crippen molar-refractivity contribution in [3.05, 3.63) is 0 Å². The highest BCUT2D eigenvalue weighted by molar-refractivity contribution is 5.26. The van der Waals surface area contributed by atoms with E-state index in [0.717, 1.165) is 0 Å². The standard InChI is InChI=1S/C8H10N4/c1-6(2)7-3-11-12-8(7,4-9)5-10/h6-7H,3H2,1-2H3. The van der Waals surface area contributed by atoms with Gasteiger partial charge in [-0.2, -0.15) is 20.8 Å². The average Bonchev–Trinajstić information content (AvgIpc) is 2.48. The first-order chi connectivity index (χ1) is 5.66. The smallest absolute Gasteiger partial charge is 0.194 e. The van der Waals surface area contributed by atoms with Crippen molar-refractivity contribution < 1.29 is 0 Å². The number of hydrogen-bond donors (Lipinski definition) is 0. The van der Waals surface area contributed by atoms with Gasteiger partial charge in [0.15, 0.2) is 0 Å². The highest BCUT2D eigenvalue weighted by Gasteiger charge is 2.45. The van der Waals surface area contributed by atoms with Crippen molar-refractivity contribution in [2.24, 2.45) is 22.1 Å². The van der Waals surface area contributed by atoms with E-state index >= 15 is 0 Å². The van der Waals surface area contributed by atoms with Crippen LogP contribution >= 0.6 is 0 Å². The summed E-state index contributed by atoms with van der Waals surface area (Å²) in [6.45, 7) is 4.45. The third-order valence-corrected chi connectivity index (χ3v) is 2.19. The summed E-state index contributed by atoms with van der Waals surface area (Å²) in [4.78, 5) is 0. The average molecular weight is 162 g/mol. The van der Waals surface area contributed by atoms with E-state index in [-0.39, 0.29) is 11.8 Å². The maximum absolute atomic E-state index is 8.81. The predicted molar refractivity (Wildman–Crippen MR) is 42.0 cm³/mol. The number of rotatable bonds is 1. The van der Waals surface area contributed by atoms with E-state index in [0.29, 0.717) is 6.54 Å². The fourth-order valence-electron chi connectivity index (χ4n) is 1.38. The van der Waals surface area contributed by atoms with Gasteiger partial charge in [-0.25, -0.2) is 0 Å². The third-order valence-electron chi connectivity index (χ3n) is 2.19. The van der Waals surface area contributed by atoms with Crippen LogP contribution in [0.3, 0.4) is 0 Å². The van der Waals surface area contributed by atoms with Gasteiger partial charge in [-0.05, 0) is 5.92 Å². The van der Waals surface area contributed by atoms with Crippen LogP contribution < -0.4 is 0 Å². The molecule has 0 saturated heterocycles. The number of azo groups is 1. The summed E-state index contributed by atoms with van der Waals surface area (Å²) in [5.41, 5.74) is -1.21. The summed E-state index contributed by atoms with van der Waals surface area (Å²) in [7, 11) is 0. The molecule has 1 atom stereocenters. The second-order valence-electron chi connectivity index (χ2n) is 3.26. The highest BCUT2D eigenvalue weighted by atomic mass is 15.2. The summed E-state index contributed by atoms with van der Waals surface area (Å²) in [5.74, 6) is 0.215. The second-order valence-corrected chi connectivity index (χ2v) is 3.26. The van der Waals surface area contributed by atoms with E-state index in [2.05, 4.69) is 10.2 Å². The Hall–Kier alpha value is -1.42. The molecular weight excluding hydrogens is 152 g/mol. The zero-order chi connectivity index (χ0) is 9.19. The summed E-state index contributed by atoms with van der Waals surface area (Å²) in [6, 6.07) is 3.87. The molecule has 0 radical (unpaired) electrons. The van der Waals surface area contributed by atoms with E-state index in [1.165, 1.54) is 0 Å². The molecule has 0 fully saturated rings. The maximum Gasteiger partial charge on any atom is 0.256 e. The first-order valence-electron chi connectivity index (χ1n) is 3.87. The van der Waals surface area contributed by atoms with Crippen LogP contribution in [0.5, 0.6) is 0 Å². The molecule has 1 heterocycles. The van der Waals surface area contributed by atoms with Crippen molar-refractivity contribution in [2.75, 3.05) is 6.54 Å². The fraction of sp³-hybridized carbons (Fsp3) is 0.750. The Kier molecular flexibility index (Phi) is 2.10. The molecule has 4 heteroatoms. The minimum absolute atomic E-state index is 0.0486. The SMILES string of the molecule is CC(C)C1CN=NC1(C#N)C#N. The van der Waals surface area contributed by atoms with Gasteiger partial charge in [0, 0.05) is 5.92 Å². The summed E-state index contributed by atoms with van der Waals surface area (Å²) in [6.07, 6.45) is 0. The van der Waals surface area contributed by atoms with Crippen LogP contribution in [-0.2, 0) is 0 Å². The highest BCUT2D eigenvalue weighted by Crippen LogP contribution is 2.33. The van der Waals surface area contributed by atoms with E-state index in [1.54, 1.807) is 0 Å². The van der Waals surface area contributed by atoms with Crippen LogP contribution in [0.4, 0.5) is 0 Å². The molecule has 1 aliphatic rings. The summed E-state index contributed by atoms with van der Waals surface area (Å²) >= 11 is 0. The van der Waals surface area contributed by atoms with Crippen molar-refractivity contribution in [3.63, 3.8) is 0 Å². The van der Waals surface area contributed by atoms with E-state index < -0.39 is 5.54 Å². The molecule has 62 valence electrons. The maximum atomic E-state index is 8.81. The molecule has 0 aromatic heterocycles. The molecule has 12 heavy (non-hydrogen) atoms. The lowest BCUT2D eigenvalue weighted by Gasteiger charge is -2.20. The molecule has 0 aromatic carbocycles. The van der Waals surface area contributed by atoms with E-state index in [9.17, 15) is 0 Å². The van der Waals surface area contributed by atoms with Crippen molar-refractivity contribution in [3.8, 4) is 12.1 Å². The minimum atomic E-state index is -1.21. The zero-order valence-corrected chi connectivity index (χ0v) is 7.15. The van der Waals surface area contributed by atoms with Gasteiger partial charge in [0.1, 0.15) is 12.1 Å². The van der Waals surface area contributed by atoms with Crippen molar-refractivity contribution in [1.29, 1.82) is 10.5 Å². The van der Waals surface area contributed by atoms with Crippen molar-refractivity contribution >= 4 is 0 Å². The number of nitriles is 2. The topological polar surface area (TPSA) is 72.3 Å². The Bertz CT molecular complexity index is 264. The lowest BCUT2D eigenvalue weighted by atomic mass is 9.80. The molecule has 1 rings (SSSR count). The monoisotopic (exact) mass is 162 g/mol. The van der Waals surface area contributed by atoms with E-state index in [4.69, 9.17) is 10.5 Å². The van der Waals surface area contributed by atoms with Gasteiger partial charge in [0.25, 0.3) is 5.54 Å². The van der Waals surface area contributed by atoms with Crippen molar-refractivity contribution in [2.45, 2.75) is 19.4 Å². The summed E-state index contributed by atoms with van der Waals surface area (Å²) < 4.78 is 0. The lowest BCUT2D eigenvalue weighted by Crippen LogP contribution is -2.34. The Morgan fingerprint density at radius 3 is 2.33 bits per heavy atom. The van der Waals surface area contributed by atoms with Gasteiger partial charge in [-0.15, -0.1) is 0 Å². The van der Waals surface area contributed by atoms with Gasteiger partial charge in [0.05, 0.1) is 6.54 Å². The second kappa shape index (κ2) is 2.91. The Balaban J connectivity index is 2.97. The summed E-state index contributed by atoms with van der Waals surface area (Å²) in [5, 5.41) is 25.1. The minimum Gasteiger partial charge on any atom is -0.194 e. The van der Waals surface area contributed by atoms with Crippen molar-refractivity contribution in [1.82, 2.24) is 0 Å². The zero-order valence-electron chi connectivity index (χ0n) is 7.15. The van der Waals surface area contributed by atoms with E-state index in [1.807, 2.05) is 26.0 Å². The first-order valence-corrected chi connectivity index (χ1v) is 3.87. The van der Waals surface area contributed by atoms with Crippen LogP contribution in [0.15, 0.2) is 10.2 Å². The fourth-order valence-corrected chi connectivity index (χ4v) is 1.38. The van der Waals surface area contributed by atoms with Crippen LogP contribution in [-0.4, -0.2) is 12.1 Å². The number of nitrogens with zero attached hydrogens (tertiary/aromatic N) is 4. The van der Waals surface area contributed by atoms with Crippen LogP contribution in [0.1, 0.15) is 13.8 Å². The van der Waals surface area contributed by atoms with Crippen LogP contribution in [0.25, 0.3) is 0 Å². The Morgan fingerprint density at radius 2 is 2.00 bits per heavy atom. The molecule has 1 unspecified atom stereocenters. The number of hydrogen-bond acceptors (Lipinski definition) is 4. The largest absolute Gasteiger partial charge is 0.256 e. The Morgan fingerprint density at radius 1 is 1.42 bits per heavy atom. The van der Waals surface area contributed by atoms with Gasteiger partial charge in [0.2, 0.25) is 0 Å². The molecule has 0 bridgehead atoms. The molecular formula is C8H10N4. The normalized spacial score (nSPS) is 25.2. The molecule has 0 aromatic rings. The molecule has 0 spiro atoms. The molecule has 0 N–H and O–H groups in total.